The molecule has 23 heavy (non-hydrogen) atoms. The van der Waals surface area contributed by atoms with E-state index in [0.29, 0.717) is 13.1 Å². The summed E-state index contributed by atoms with van der Waals surface area (Å²) >= 11 is 10.9. The number of carbonyl (C=O) groups is 1. The highest BCUT2D eigenvalue weighted by atomic mass is 35.5. The molecular weight excluding hydrogens is 354 g/mol. The lowest BCUT2D eigenvalue weighted by Crippen LogP contribution is -2.30. The van der Waals surface area contributed by atoms with Crippen LogP contribution >= 0.6 is 23.2 Å². The number of hydrogen-bond donors (Lipinski definition) is 4. The molecule has 1 heterocycles. The van der Waals surface area contributed by atoms with Crippen LogP contribution in [0.5, 0.6) is 5.88 Å². The van der Waals surface area contributed by atoms with Crippen molar-refractivity contribution < 1.29 is 29.2 Å². The van der Waals surface area contributed by atoms with Gasteiger partial charge in [-0.05, 0) is 19.9 Å². The molecule has 0 amide bonds. The number of aliphatic hydroxyl groups excluding tert-OH is 2. The number of pyridine rings is 1. The van der Waals surface area contributed by atoms with Crippen LogP contribution in [0.25, 0.3) is 0 Å². The molecule has 1 aromatic heterocycles. The van der Waals surface area contributed by atoms with Crippen LogP contribution in [-0.2, 0) is 4.79 Å². The lowest BCUT2D eigenvalue weighted by Gasteiger charge is -2.07. The van der Waals surface area contributed by atoms with Gasteiger partial charge >= 0.3 is 5.97 Å². The molecule has 10 heteroatoms. The number of hydrogen-bond acceptors (Lipinski definition) is 6. The van der Waals surface area contributed by atoms with E-state index in [4.69, 9.17) is 38.5 Å². The number of nitrogens with zero attached hydrogens (tertiary/aromatic N) is 1. The summed E-state index contributed by atoms with van der Waals surface area (Å²) in [6.07, 6.45) is -0.660. The molecule has 2 unspecified atom stereocenters. The second-order valence-electron chi connectivity index (χ2n) is 4.59. The molecule has 1 aromatic rings. The zero-order valence-corrected chi connectivity index (χ0v) is 14.1. The molecule has 0 fully saturated rings. The van der Waals surface area contributed by atoms with Crippen molar-refractivity contribution in [2.24, 2.45) is 0 Å². The minimum absolute atomic E-state index is 0.0438. The Bertz CT molecular complexity index is 495. The Kier molecular flexibility index (Phi) is 10.8. The summed E-state index contributed by atoms with van der Waals surface area (Å²) in [5.74, 6) is -2.47. The number of aliphatic hydroxyl groups is 2. The van der Waals surface area contributed by atoms with E-state index in [9.17, 15) is 9.18 Å². The highest BCUT2D eigenvalue weighted by molar-refractivity contribution is 6.35. The van der Waals surface area contributed by atoms with Gasteiger partial charge in [-0.25, -0.2) is 4.79 Å². The number of aliphatic carboxylic acids is 1. The van der Waals surface area contributed by atoms with Crippen molar-refractivity contribution in [1.29, 1.82) is 0 Å². The molecule has 1 rings (SSSR count). The summed E-state index contributed by atoms with van der Waals surface area (Å²) < 4.78 is 17.3. The Balaban J connectivity index is 0.000000468. The first-order valence-corrected chi connectivity index (χ1v) is 7.32. The predicted molar refractivity (Wildman–Crippen MR) is 83.6 cm³/mol. The minimum Gasteiger partial charge on any atom is -0.479 e. The van der Waals surface area contributed by atoms with Gasteiger partial charge in [0.15, 0.2) is 6.61 Å². The van der Waals surface area contributed by atoms with E-state index < -0.39 is 18.5 Å². The Labute approximate surface area is 143 Å². The Morgan fingerprint density at radius 3 is 2.26 bits per heavy atom. The zero-order chi connectivity index (χ0) is 18.0. The smallest absolute Gasteiger partial charge is 0.341 e. The summed E-state index contributed by atoms with van der Waals surface area (Å²) in [5.41, 5.74) is 0. The first kappa shape index (κ1) is 21.8. The van der Waals surface area contributed by atoms with Crippen molar-refractivity contribution in [2.75, 3.05) is 19.7 Å². The number of carboxylic acids is 1. The van der Waals surface area contributed by atoms with Crippen LogP contribution in [0.2, 0.25) is 10.0 Å². The standard InChI is InChI=1S/C7H4Cl2FNO3.C6H15NO2/c8-3-1-4(9)7(11-6(3)10)14-2-5(12)13;1-5(8)3-7-4-6(2)9/h1H,2H2,(H,12,13);5-9H,3-4H2,1-2H3. The van der Waals surface area contributed by atoms with Gasteiger partial charge in [0, 0.05) is 13.1 Å². The summed E-state index contributed by atoms with van der Waals surface area (Å²) in [5, 5.41) is 28.3. The van der Waals surface area contributed by atoms with E-state index in [0.717, 1.165) is 6.07 Å². The van der Waals surface area contributed by atoms with Crippen molar-refractivity contribution in [1.82, 2.24) is 10.3 Å². The molecule has 0 radical (unpaired) electrons. The van der Waals surface area contributed by atoms with E-state index in [-0.39, 0.29) is 28.1 Å². The van der Waals surface area contributed by atoms with Crippen LogP contribution in [0.3, 0.4) is 0 Å². The van der Waals surface area contributed by atoms with E-state index in [2.05, 4.69) is 15.0 Å². The number of nitrogens with one attached hydrogen (secondary N) is 1. The van der Waals surface area contributed by atoms with E-state index >= 15 is 0 Å². The molecule has 0 aliphatic heterocycles. The summed E-state index contributed by atoms with van der Waals surface area (Å²) in [6.45, 7) is 3.85. The highest BCUT2D eigenvalue weighted by Crippen LogP contribution is 2.26. The molecule has 0 bridgehead atoms. The van der Waals surface area contributed by atoms with Crippen LogP contribution in [0, 0.1) is 5.95 Å². The van der Waals surface area contributed by atoms with E-state index in [1.807, 2.05) is 0 Å². The third-order valence-electron chi connectivity index (χ3n) is 2.07. The molecule has 2 atom stereocenters. The topological polar surface area (TPSA) is 112 Å². The van der Waals surface area contributed by atoms with Crippen molar-refractivity contribution in [3.8, 4) is 5.88 Å². The third-order valence-corrected chi connectivity index (χ3v) is 2.60. The van der Waals surface area contributed by atoms with Crippen molar-refractivity contribution >= 4 is 29.2 Å². The number of ether oxygens (including phenoxy) is 1. The zero-order valence-electron chi connectivity index (χ0n) is 12.6. The van der Waals surface area contributed by atoms with Crippen LogP contribution < -0.4 is 10.1 Å². The summed E-state index contributed by atoms with van der Waals surface area (Å²) in [6, 6.07) is 1.09. The van der Waals surface area contributed by atoms with Crippen LogP contribution in [0.15, 0.2) is 6.07 Å². The van der Waals surface area contributed by atoms with Gasteiger partial charge in [0.05, 0.1) is 17.2 Å². The third kappa shape index (κ3) is 11.1. The molecule has 0 aliphatic carbocycles. The predicted octanol–water partition coefficient (Wildman–Crippen LogP) is 1.33. The molecule has 7 nitrogen and oxygen atoms in total. The first-order valence-electron chi connectivity index (χ1n) is 6.56. The van der Waals surface area contributed by atoms with E-state index in [1.165, 1.54) is 0 Å². The largest absolute Gasteiger partial charge is 0.479 e. The monoisotopic (exact) mass is 372 g/mol. The fourth-order valence-electron chi connectivity index (χ4n) is 1.16. The van der Waals surface area contributed by atoms with Crippen LogP contribution in [0.4, 0.5) is 4.39 Å². The average molecular weight is 373 g/mol. The Hall–Kier alpha value is -1.19. The van der Waals surface area contributed by atoms with Gasteiger partial charge in [0.1, 0.15) is 5.02 Å². The normalized spacial score (nSPS) is 12.8. The van der Waals surface area contributed by atoms with Gasteiger partial charge in [-0.3, -0.25) is 0 Å². The molecule has 0 saturated carbocycles. The van der Waals surface area contributed by atoms with Crippen LogP contribution in [0.1, 0.15) is 13.8 Å². The number of rotatable bonds is 7. The lowest BCUT2D eigenvalue weighted by molar-refractivity contribution is -0.139. The number of carboxylic acid groups (broad SMARTS) is 1. The summed E-state index contributed by atoms with van der Waals surface area (Å²) in [4.78, 5) is 13.3. The second-order valence-corrected chi connectivity index (χ2v) is 5.40. The van der Waals surface area contributed by atoms with Gasteiger partial charge in [-0.1, -0.05) is 23.2 Å². The van der Waals surface area contributed by atoms with Crippen molar-refractivity contribution in [3.05, 3.63) is 22.1 Å². The van der Waals surface area contributed by atoms with Gasteiger partial charge < -0.3 is 25.4 Å². The molecule has 0 aliphatic rings. The van der Waals surface area contributed by atoms with E-state index in [1.54, 1.807) is 13.8 Å². The maximum atomic E-state index is 12.8. The maximum Gasteiger partial charge on any atom is 0.341 e. The van der Waals surface area contributed by atoms with Gasteiger partial charge in [0.25, 0.3) is 0 Å². The van der Waals surface area contributed by atoms with Gasteiger partial charge in [-0.15, -0.1) is 0 Å². The molecule has 0 aromatic carbocycles. The first-order chi connectivity index (χ1) is 10.6. The fourth-order valence-corrected chi connectivity index (χ4v) is 1.57. The lowest BCUT2D eigenvalue weighted by atomic mass is 10.3. The highest BCUT2D eigenvalue weighted by Gasteiger charge is 2.11. The van der Waals surface area contributed by atoms with Crippen molar-refractivity contribution in [2.45, 2.75) is 26.1 Å². The fraction of sp³-hybridized carbons (Fsp3) is 0.538. The van der Waals surface area contributed by atoms with Crippen LogP contribution in [-0.4, -0.2) is 58.2 Å². The Morgan fingerprint density at radius 2 is 1.83 bits per heavy atom. The van der Waals surface area contributed by atoms with Gasteiger partial charge in [0.2, 0.25) is 11.8 Å². The summed E-state index contributed by atoms with van der Waals surface area (Å²) in [7, 11) is 0. The average Bonchev–Trinajstić information content (AvgIpc) is 2.41. The minimum atomic E-state index is -1.21. The Morgan fingerprint density at radius 1 is 1.30 bits per heavy atom. The number of halogens is 3. The van der Waals surface area contributed by atoms with Crippen molar-refractivity contribution in [3.63, 3.8) is 0 Å². The molecule has 4 N–H and O–H groups in total. The SMILES string of the molecule is CC(O)CNCC(C)O.O=C(O)COc1nc(F)c(Cl)cc1Cl. The number of aromatic nitrogens is 1. The second kappa shape index (κ2) is 11.4. The molecule has 0 spiro atoms. The van der Waals surface area contributed by atoms with Gasteiger partial charge in [-0.2, -0.15) is 9.37 Å². The quantitative estimate of drug-likeness (QED) is 0.534. The molecular formula is C13H19Cl2FN2O5. The maximum absolute atomic E-state index is 12.8. The molecule has 132 valence electrons. The molecule has 0 saturated heterocycles.